The van der Waals surface area contributed by atoms with E-state index >= 15 is 0 Å². The number of rotatable bonds is 8. The molecule has 0 atom stereocenters. The molecule has 0 aliphatic heterocycles. The predicted octanol–water partition coefficient (Wildman–Crippen LogP) is 1.51. The number of methoxy groups -OCH3 is 1. The Labute approximate surface area is 125 Å². The van der Waals surface area contributed by atoms with Gasteiger partial charge in [0.05, 0.1) is 18.4 Å². The maximum atomic E-state index is 12.4. The minimum atomic E-state index is -3.60. The van der Waals surface area contributed by atoms with Crippen molar-refractivity contribution in [2.75, 3.05) is 32.5 Å². The van der Waals surface area contributed by atoms with E-state index in [1.165, 1.54) is 19.2 Å². The largest absolute Gasteiger partial charge is 0.495 e. The Morgan fingerprint density at radius 1 is 1.29 bits per heavy atom. The van der Waals surface area contributed by atoms with Gasteiger partial charge in [0.15, 0.2) is 9.84 Å². The molecule has 0 radical (unpaired) electrons. The number of hydrogen-bond donors (Lipinski definition) is 1. The summed E-state index contributed by atoms with van der Waals surface area (Å²) in [6, 6.07) is 3.84. The third-order valence-electron chi connectivity index (χ3n) is 3.32. The van der Waals surface area contributed by atoms with E-state index < -0.39 is 15.8 Å². The van der Waals surface area contributed by atoms with E-state index in [1.807, 2.05) is 18.7 Å². The highest BCUT2D eigenvalue weighted by Gasteiger charge is 2.22. The third kappa shape index (κ3) is 4.44. The minimum absolute atomic E-state index is 0.0720. The van der Waals surface area contributed by atoms with Crippen molar-refractivity contribution in [3.8, 4) is 5.75 Å². The van der Waals surface area contributed by atoms with E-state index in [0.29, 0.717) is 6.54 Å². The molecule has 0 unspecified atom stereocenters. The molecule has 6 nitrogen and oxygen atoms in total. The van der Waals surface area contributed by atoms with Crippen molar-refractivity contribution in [2.24, 2.45) is 0 Å². The van der Waals surface area contributed by atoms with Gasteiger partial charge in [0.25, 0.3) is 0 Å². The molecule has 1 rings (SSSR count). The first kappa shape index (κ1) is 17.5. The van der Waals surface area contributed by atoms with Crippen molar-refractivity contribution >= 4 is 15.8 Å². The molecule has 1 aromatic carbocycles. The molecule has 0 aromatic heterocycles. The molecule has 1 N–H and O–H groups in total. The van der Waals surface area contributed by atoms with Crippen LogP contribution in [0.2, 0.25) is 0 Å². The van der Waals surface area contributed by atoms with E-state index in [-0.39, 0.29) is 22.0 Å². The molecular weight excluding hydrogens is 294 g/mol. The second-order valence-electron chi connectivity index (χ2n) is 4.52. The first-order valence-corrected chi connectivity index (χ1v) is 8.37. The topological polar surface area (TPSA) is 83.9 Å². The van der Waals surface area contributed by atoms with Crippen LogP contribution in [0.25, 0.3) is 0 Å². The fourth-order valence-electron chi connectivity index (χ4n) is 1.95. The molecule has 0 amide bonds. The van der Waals surface area contributed by atoms with Crippen LogP contribution in [0, 0.1) is 0 Å². The number of carboxylic acids is 1. The summed E-state index contributed by atoms with van der Waals surface area (Å²) in [6.45, 7) is 5.84. The quantitative estimate of drug-likeness (QED) is 0.783. The number of nitrogens with zero attached hydrogens (tertiary/aromatic N) is 1. The first-order valence-electron chi connectivity index (χ1n) is 6.72. The summed E-state index contributed by atoms with van der Waals surface area (Å²) in [5.41, 5.74) is -0.0720. The maximum Gasteiger partial charge on any atom is 0.335 e. The SMILES string of the molecule is CCN(CC)CCS(=O)(=O)c1cc(C(=O)O)ccc1OC. The molecule has 0 fully saturated rings. The summed E-state index contributed by atoms with van der Waals surface area (Å²) in [5, 5.41) is 8.99. The van der Waals surface area contributed by atoms with Gasteiger partial charge < -0.3 is 14.7 Å². The minimum Gasteiger partial charge on any atom is -0.495 e. The van der Waals surface area contributed by atoms with Gasteiger partial charge in [-0.1, -0.05) is 13.8 Å². The molecule has 0 saturated heterocycles. The fraction of sp³-hybridized carbons (Fsp3) is 0.500. The molecule has 0 heterocycles. The van der Waals surface area contributed by atoms with Crippen LogP contribution >= 0.6 is 0 Å². The lowest BCUT2D eigenvalue weighted by Gasteiger charge is -2.18. The molecule has 1 aromatic rings. The normalized spacial score (nSPS) is 11.6. The van der Waals surface area contributed by atoms with Crippen molar-refractivity contribution in [3.63, 3.8) is 0 Å². The third-order valence-corrected chi connectivity index (χ3v) is 5.03. The van der Waals surface area contributed by atoms with Gasteiger partial charge >= 0.3 is 5.97 Å². The zero-order valence-electron chi connectivity index (χ0n) is 12.5. The van der Waals surface area contributed by atoms with Gasteiger partial charge in [0, 0.05) is 6.54 Å². The molecule has 118 valence electrons. The number of hydrogen-bond acceptors (Lipinski definition) is 5. The van der Waals surface area contributed by atoms with E-state index in [4.69, 9.17) is 9.84 Å². The maximum absolute atomic E-state index is 12.4. The Bertz CT molecular complexity index is 593. The number of sulfone groups is 1. The van der Waals surface area contributed by atoms with Gasteiger partial charge in [-0.05, 0) is 31.3 Å². The van der Waals surface area contributed by atoms with E-state index in [9.17, 15) is 13.2 Å². The summed E-state index contributed by atoms with van der Waals surface area (Å²) >= 11 is 0. The Hall–Kier alpha value is -1.60. The van der Waals surface area contributed by atoms with Gasteiger partial charge in [0.1, 0.15) is 10.6 Å². The van der Waals surface area contributed by atoms with Crippen molar-refractivity contribution in [3.05, 3.63) is 23.8 Å². The van der Waals surface area contributed by atoms with Gasteiger partial charge in [-0.2, -0.15) is 0 Å². The fourth-order valence-corrected chi connectivity index (χ4v) is 3.43. The summed E-state index contributed by atoms with van der Waals surface area (Å²) in [6.07, 6.45) is 0. The van der Waals surface area contributed by atoms with Crippen LogP contribution < -0.4 is 4.74 Å². The van der Waals surface area contributed by atoms with Crippen LogP contribution in [0.5, 0.6) is 5.75 Å². The van der Waals surface area contributed by atoms with E-state index in [2.05, 4.69) is 0 Å². The molecule has 0 saturated carbocycles. The number of carboxylic acid groups (broad SMARTS) is 1. The van der Waals surface area contributed by atoms with Crippen LogP contribution in [0.15, 0.2) is 23.1 Å². The Balaban J connectivity index is 3.11. The molecule has 0 spiro atoms. The van der Waals surface area contributed by atoms with E-state index in [1.54, 1.807) is 0 Å². The highest BCUT2D eigenvalue weighted by molar-refractivity contribution is 7.91. The summed E-state index contributed by atoms with van der Waals surface area (Å²) in [4.78, 5) is 12.9. The van der Waals surface area contributed by atoms with E-state index in [0.717, 1.165) is 19.2 Å². The van der Waals surface area contributed by atoms with Gasteiger partial charge in [-0.3, -0.25) is 0 Å². The van der Waals surface area contributed by atoms with Gasteiger partial charge in [0.2, 0.25) is 0 Å². The number of ether oxygens (including phenoxy) is 1. The second-order valence-corrected chi connectivity index (χ2v) is 6.59. The Kier molecular flexibility index (Phi) is 6.17. The summed E-state index contributed by atoms with van der Waals surface area (Å²) in [5.74, 6) is -1.08. The smallest absolute Gasteiger partial charge is 0.335 e. The number of carbonyl (C=O) groups is 1. The first-order chi connectivity index (χ1) is 9.85. The summed E-state index contributed by atoms with van der Waals surface area (Å²) < 4.78 is 29.9. The zero-order valence-corrected chi connectivity index (χ0v) is 13.3. The lowest BCUT2D eigenvalue weighted by molar-refractivity contribution is 0.0696. The molecular formula is C14H21NO5S. The molecule has 0 aliphatic rings. The van der Waals surface area contributed by atoms with Crippen LogP contribution in [0.4, 0.5) is 0 Å². The highest BCUT2D eigenvalue weighted by Crippen LogP contribution is 2.26. The average Bonchev–Trinajstić information content (AvgIpc) is 2.47. The van der Waals surface area contributed by atoms with Gasteiger partial charge in [-0.15, -0.1) is 0 Å². The van der Waals surface area contributed by atoms with Crippen LogP contribution in [0.1, 0.15) is 24.2 Å². The second kappa shape index (κ2) is 7.42. The monoisotopic (exact) mass is 315 g/mol. The number of aromatic carboxylic acids is 1. The van der Waals surface area contributed by atoms with Gasteiger partial charge in [-0.25, -0.2) is 13.2 Å². The van der Waals surface area contributed by atoms with Crippen molar-refractivity contribution in [1.29, 1.82) is 0 Å². The van der Waals surface area contributed by atoms with Crippen molar-refractivity contribution < 1.29 is 23.1 Å². The average molecular weight is 315 g/mol. The Morgan fingerprint density at radius 3 is 2.38 bits per heavy atom. The van der Waals surface area contributed by atoms with Crippen LogP contribution in [0.3, 0.4) is 0 Å². The Morgan fingerprint density at radius 2 is 1.90 bits per heavy atom. The molecule has 21 heavy (non-hydrogen) atoms. The molecule has 0 aliphatic carbocycles. The number of benzene rings is 1. The molecule has 7 heteroatoms. The zero-order chi connectivity index (χ0) is 16.0. The van der Waals surface area contributed by atoms with Crippen molar-refractivity contribution in [1.82, 2.24) is 4.90 Å². The van der Waals surface area contributed by atoms with Crippen LogP contribution in [-0.4, -0.2) is 56.9 Å². The van der Waals surface area contributed by atoms with Crippen LogP contribution in [-0.2, 0) is 9.84 Å². The lowest BCUT2D eigenvalue weighted by Crippen LogP contribution is -2.29. The molecule has 0 bridgehead atoms. The predicted molar refractivity (Wildman–Crippen MR) is 79.8 cm³/mol. The van der Waals surface area contributed by atoms with Crippen molar-refractivity contribution in [2.45, 2.75) is 18.7 Å². The highest BCUT2D eigenvalue weighted by atomic mass is 32.2. The summed E-state index contributed by atoms with van der Waals surface area (Å²) in [7, 11) is -2.24. The standard InChI is InChI=1S/C14H21NO5S/c1-4-15(5-2)8-9-21(18,19)13-10-11(14(16)17)6-7-12(13)20-3/h6-7,10H,4-5,8-9H2,1-3H3,(H,16,17). The lowest BCUT2D eigenvalue weighted by atomic mass is 10.2.